The van der Waals surface area contributed by atoms with Gasteiger partial charge in [0.2, 0.25) is 0 Å². The van der Waals surface area contributed by atoms with Gasteiger partial charge in [-0.25, -0.2) is 4.39 Å². The number of carbonyl (C=O) groups excluding carboxylic acids is 1. The van der Waals surface area contributed by atoms with E-state index in [9.17, 15) is 9.18 Å². The zero-order chi connectivity index (χ0) is 13.0. The minimum atomic E-state index is -0.583. The number of benzene rings is 1. The van der Waals surface area contributed by atoms with E-state index >= 15 is 0 Å². The fraction of sp³-hybridized carbons (Fsp3) is 0.500. The van der Waals surface area contributed by atoms with Crippen molar-refractivity contribution in [3.8, 4) is 5.75 Å². The van der Waals surface area contributed by atoms with Gasteiger partial charge in [0.05, 0.1) is 0 Å². The molecule has 18 heavy (non-hydrogen) atoms. The van der Waals surface area contributed by atoms with Crippen LogP contribution < -0.4 is 4.74 Å². The minimum Gasteiger partial charge on any atom is -0.478 e. The van der Waals surface area contributed by atoms with E-state index in [2.05, 4.69) is 0 Å². The third-order valence-corrected chi connectivity index (χ3v) is 3.17. The van der Waals surface area contributed by atoms with E-state index in [0.29, 0.717) is 6.42 Å². The molecular weight excluding hydrogens is 233 g/mol. The lowest BCUT2D eigenvalue weighted by Crippen LogP contribution is -2.40. The summed E-state index contributed by atoms with van der Waals surface area (Å²) in [5, 5.41) is 0. The number of carbonyl (C=O) groups is 1. The van der Waals surface area contributed by atoms with Crippen LogP contribution in [0.25, 0.3) is 0 Å². The molecule has 98 valence electrons. The maximum Gasteiger partial charge on any atom is 0.263 e. The van der Waals surface area contributed by atoms with Crippen LogP contribution in [0.15, 0.2) is 24.3 Å². The Morgan fingerprint density at radius 2 is 2.06 bits per heavy atom. The predicted octanol–water partition coefficient (Wildman–Crippen LogP) is 2.61. The van der Waals surface area contributed by atoms with Crippen molar-refractivity contribution >= 4 is 5.91 Å². The van der Waals surface area contributed by atoms with Crippen LogP contribution in [0.1, 0.15) is 26.2 Å². The molecule has 2 rings (SSSR count). The Morgan fingerprint density at radius 3 is 2.67 bits per heavy atom. The van der Waals surface area contributed by atoms with Crippen LogP contribution in [0, 0.1) is 5.82 Å². The number of rotatable bonds is 4. The van der Waals surface area contributed by atoms with Gasteiger partial charge in [-0.2, -0.15) is 0 Å². The fourth-order valence-corrected chi connectivity index (χ4v) is 2.14. The molecule has 0 saturated carbocycles. The van der Waals surface area contributed by atoms with Gasteiger partial charge in [-0.3, -0.25) is 4.79 Å². The van der Waals surface area contributed by atoms with Gasteiger partial charge in [-0.15, -0.1) is 0 Å². The summed E-state index contributed by atoms with van der Waals surface area (Å²) in [5.41, 5.74) is 0. The van der Waals surface area contributed by atoms with Crippen LogP contribution in [0.5, 0.6) is 5.75 Å². The molecule has 0 unspecified atom stereocenters. The maximum atomic E-state index is 13.5. The van der Waals surface area contributed by atoms with Crippen LogP contribution in [0.2, 0.25) is 0 Å². The van der Waals surface area contributed by atoms with E-state index in [0.717, 1.165) is 25.9 Å². The lowest BCUT2D eigenvalue weighted by atomic mass is 10.2. The van der Waals surface area contributed by atoms with E-state index in [-0.39, 0.29) is 11.7 Å². The molecule has 1 atom stereocenters. The molecule has 1 aliphatic heterocycles. The molecule has 0 bridgehead atoms. The topological polar surface area (TPSA) is 29.5 Å². The van der Waals surface area contributed by atoms with E-state index < -0.39 is 11.9 Å². The van der Waals surface area contributed by atoms with E-state index in [1.54, 1.807) is 23.1 Å². The molecule has 3 nitrogen and oxygen atoms in total. The summed E-state index contributed by atoms with van der Waals surface area (Å²) in [6.07, 6.45) is 2.05. The lowest BCUT2D eigenvalue weighted by Gasteiger charge is -2.23. The number of ether oxygens (including phenoxy) is 1. The molecule has 1 aromatic rings. The molecule has 4 heteroatoms. The quantitative estimate of drug-likeness (QED) is 0.823. The van der Waals surface area contributed by atoms with Crippen LogP contribution in [0.3, 0.4) is 0 Å². The summed E-state index contributed by atoms with van der Waals surface area (Å²) >= 11 is 0. The highest BCUT2D eigenvalue weighted by Crippen LogP contribution is 2.20. The van der Waals surface area contributed by atoms with Gasteiger partial charge in [0.1, 0.15) is 0 Å². The van der Waals surface area contributed by atoms with Crippen molar-refractivity contribution < 1.29 is 13.9 Å². The van der Waals surface area contributed by atoms with Crippen molar-refractivity contribution in [2.75, 3.05) is 13.1 Å². The van der Waals surface area contributed by atoms with Crippen LogP contribution in [0.4, 0.5) is 4.39 Å². The van der Waals surface area contributed by atoms with Crippen molar-refractivity contribution in [3.05, 3.63) is 30.1 Å². The smallest absolute Gasteiger partial charge is 0.263 e. The number of nitrogens with zero attached hydrogens (tertiary/aromatic N) is 1. The summed E-state index contributed by atoms with van der Waals surface area (Å²) in [7, 11) is 0. The first-order chi connectivity index (χ1) is 8.72. The van der Waals surface area contributed by atoms with Crippen molar-refractivity contribution in [1.82, 2.24) is 4.90 Å². The number of hydrogen-bond donors (Lipinski definition) is 0. The second-order valence-electron chi connectivity index (χ2n) is 4.48. The third kappa shape index (κ3) is 2.81. The first-order valence-corrected chi connectivity index (χ1v) is 6.42. The first-order valence-electron chi connectivity index (χ1n) is 6.42. The van der Waals surface area contributed by atoms with E-state index in [4.69, 9.17) is 4.74 Å². The Balaban J connectivity index is 2.05. The summed E-state index contributed by atoms with van der Waals surface area (Å²) in [6.45, 7) is 3.45. The van der Waals surface area contributed by atoms with Crippen LogP contribution in [-0.2, 0) is 4.79 Å². The summed E-state index contributed by atoms with van der Waals surface area (Å²) in [5.74, 6) is -0.305. The normalized spacial score (nSPS) is 16.7. The Bertz CT molecular complexity index is 416. The highest BCUT2D eigenvalue weighted by molar-refractivity contribution is 5.81. The second-order valence-corrected chi connectivity index (χ2v) is 4.48. The Labute approximate surface area is 107 Å². The first kappa shape index (κ1) is 12.9. The average Bonchev–Trinajstić information content (AvgIpc) is 2.91. The van der Waals surface area contributed by atoms with Crippen molar-refractivity contribution in [3.63, 3.8) is 0 Å². The second kappa shape index (κ2) is 5.85. The minimum absolute atomic E-state index is 0.0294. The average molecular weight is 251 g/mol. The van der Waals surface area contributed by atoms with E-state index in [1.807, 2.05) is 6.92 Å². The molecule has 1 aromatic carbocycles. The van der Waals surface area contributed by atoms with Crippen LogP contribution >= 0.6 is 0 Å². The molecule has 0 N–H and O–H groups in total. The summed E-state index contributed by atoms with van der Waals surface area (Å²) in [6, 6.07) is 6.19. The zero-order valence-electron chi connectivity index (χ0n) is 10.6. The number of halogens is 1. The Kier molecular flexibility index (Phi) is 4.18. The Morgan fingerprint density at radius 1 is 1.39 bits per heavy atom. The van der Waals surface area contributed by atoms with Gasteiger partial charge in [-0.05, 0) is 31.4 Å². The number of amides is 1. The number of para-hydroxylation sites is 1. The van der Waals surface area contributed by atoms with Crippen molar-refractivity contribution in [1.29, 1.82) is 0 Å². The number of hydrogen-bond acceptors (Lipinski definition) is 2. The molecule has 1 heterocycles. The van der Waals surface area contributed by atoms with Crippen LogP contribution in [-0.4, -0.2) is 30.0 Å². The highest BCUT2D eigenvalue weighted by atomic mass is 19.1. The number of likely N-dealkylation sites (tertiary alicyclic amines) is 1. The van der Waals surface area contributed by atoms with Gasteiger partial charge in [0.25, 0.3) is 5.91 Å². The summed E-state index contributed by atoms with van der Waals surface area (Å²) in [4.78, 5) is 14.0. The summed E-state index contributed by atoms with van der Waals surface area (Å²) < 4.78 is 19.0. The van der Waals surface area contributed by atoms with Crippen molar-refractivity contribution in [2.45, 2.75) is 32.3 Å². The zero-order valence-corrected chi connectivity index (χ0v) is 10.6. The molecule has 1 fully saturated rings. The molecule has 0 aromatic heterocycles. The molecule has 0 aliphatic carbocycles. The monoisotopic (exact) mass is 251 g/mol. The van der Waals surface area contributed by atoms with Crippen molar-refractivity contribution in [2.24, 2.45) is 0 Å². The molecule has 1 saturated heterocycles. The maximum absolute atomic E-state index is 13.5. The fourth-order valence-electron chi connectivity index (χ4n) is 2.14. The molecule has 1 aliphatic rings. The standard InChI is InChI=1S/C14H18FNO2/c1-2-12(14(17)16-9-5-6-10-16)18-13-8-4-3-7-11(13)15/h3-4,7-8,12H,2,5-6,9-10H2,1H3/t12-/m0/s1. The van der Waals surface area contributed by atoms with Gasteiger partial charge in [0.15, 0.2) is 17.7 Å². The predicted molar refractivity (Wildman–Crippen MR) is 66.9 cm³/mol. The molecule has 1 amide bonds. The van der Waals surface area contributed by atoms with Gasteiger partial charge in [-0.1, -0.05) is 19.1 Å². The highest BCUT2D eigenvalue weighted by Gasteiger charge is 2.27. The largest absolute Gasteiger partial charge is 0.478 e. The SMILES string of the molecule is CC[C@H](Oc1ccccc1F)C(=O)N1CCCC1. The third-order valence-electron chi connectivity index (χ3n) is 3.17. The Hall–Kier alpha value is -1.58. The van der Waals surface area contributed by atoms with Gasteiger partial charge in [0, 0.05) is 13.1 Å². The molecule has 0 radical (unpaired) electrons. The van der Waals surface area contributed by atoms with Gasteiger partial charge >= 0.3 is 0 Å². The molecule has 0 spiro atoms. The van der Waals surface area contributed by atoms with Gasteiger partial charge < -0.3 is 9.64 Å². The molecular formula is C14H18FNO2. The lowest BCUT2D eigenvalue weighted by molar-refractivity contribution is -0.137. The van der Waals surface area contributed by atoms with E-state index in [1.165, 1.54) is 6.07 Å².